The summed E-state index contributed by atoms with van der Waals surface area (Å²) < 4.78 is 0. The molecule has 1 nitrogen and oxygen atoms in total. The Bertz CT molecular complexity index is 396. The van der Waals surface area contributed by atoms with Crippen molar-refractivity contribution in [2.75, 3.05) is 0 Å². The Morgan fingerprint density at radius 1 is 1.16 bits per heavy atom. The number of hydrogen-bond acceptors (Lipinski definition) is 1. The summed E-state index contributed by atoms with van der Waals surface area (Å²) in [6.07, 6.45) is 6.64. The molecule has 0 aliphatic heterocycles. The summed E-state index contributed by atoms with van der Waals surface area (Å²) in [4.78, 5) is 0. The van der Waals surface area contributed by atoms with Crippen molar-refractivity contribution in [1.29, 1.82) is 0 Å². The number of halogens is 1. The van der Waals surface area contributed by atoms with Gasteiger partial charge in [-0.25, -0.2) is 0 Å². The van der Waals surface area contributed by atoms with Crippen molar-refractivity contribution in [2.45, 2.75) is 65.0 Å². The minimum atomic E-state index is 0.406. The van der Waals surface area contributed by atoms with E-state index < -0.39 is 0 Å². The second-order valence-electron chi connectivity index (χ2n) is 6.73. The molecule has 106 valence electrons. The highest BCUT2D eigenvalue weighted by molar-refractivity contribution is 6.30. The van der Waals surface area contributed by atoms with E-state index >= 15 is 0 Å². The number of hydrogen-bond donors (Lipinski definition) is 1. The second kappa shape index (κ2) is 6.28. The van der Waals surface area contributed by atoms with Gasteiger partial charge in [-0.1, -0.05) is 44.0 Å². The van der Waals surface area contributed by atoms with Crippen LogP contribution in [0.15, 0.2) is 24.3 Å². The van der Waals surface area contributed by atoms with Crippen LogP contribution in [0.1, 0.15) is 64.5 Å². The molecule has 1 aliphatic carbocycles. The number of rotatable bonds is 3. The molecule has 2 atom stereocenters. The van der Waals surface area contributed by atoms with Crippen LogP contribution in [0.5, 0.6) is 0 Å². The smallest absolute Gasteiger partial charge is 0.0406 e. The summed E-state index contributed by atoms with van der Waals surface area (Å²) in [6.45, 7) is 7.05. The van der Waals surface area contributed by atoms with Crippen molar-refractivity contribution in [3.8, 4) is 0 Å². The lowest BCUT2D eigenvalue weighted by atomic mass is 9.85. The van der Waals surface area contributed by atoms with Gasteiger partial charge in [-0.15, -0.1) is 0 Å². The highest BCUT2D eigenvalue weighted by atomic mass is 35.5. The average molecular weight is 280 g/mol. The Hall–Kier alpha value is -0.530. The van der Waals surface area contributed by atoms with Crippen LogP contribution in [0, 0.1) is 5.41 Å². The molecule has 0 aromatic heterocycles. The molecule has 1 aliphatic rings. The molecule has 1 fully saturated rings. The maximum Gasteiger partial charge on any atom is 0.0406 e. The Morgan fingerprint density at radius 3 is 2.53 bits per heavy atom. The first-order valence-electron chi connectivity index (χ1n) is 7.48. The van der Waals surface area contributed by atoms with Crippen LogP contribution in [-0.4, -0.2) is 6.04 Å². The second-order valence-corrected chi connectivity index (χ2v) is 7.17. The maximum atomic E-state index is 5.94. The molecule has 0 heterocycles. The molecule has 2 rings (SSSR count). The zero-order valence-corrected chi connectivity index (χ0v) is 13.1. The fourth-order valence-corrected chi connectivity index (χ4v) is 3.16. The van der Waals surface area contributed by atoms with Crippen LogP contribution in [0.4, 0.5) is 0 Å². The van der Waals surface area contributed by atoms with Crippen LogP contribution in [-0.2, 0) is 0 Å². The zero-order valence-electron chi connectivity index (χ0n) is 12.4. The molecule has 0 amide bonds. The van der Waals surface area contributed by atoms with Gasteiger partial charge < -0.3 is 5.32 Å². The van der Waals surface area contributed by atoms with E-state index in [4.69, 9.17) is 11.6 Å². The predicted octanol–water partition coefficient (Wildman–Crippen LogP) is 5.35. The average Bonchev–Trinajstić information content (AvgIpc) is 2.52. The Morgan fingerprint density at radius 2 is 1.84 bits per heavy atom. The fourth-order valence-electron chi connectivity index (χ4n) is 3.03. The molecule has 1 N–H and O–H groups in total. The van der Waals surface area contributed by atoms with E-state index in [2.05, 4.69) is 38.2 Å². The monoisotopic (exact) mass is 279 g/mol. The molecule has 0 saturated heterocycles. The lowest BCUT2D eigenvalue weighted by Gasteiger charge is -2.24. The van der Waals surface area contributed by atoms with Gasteiger partial charge >= 0.3 is 0 Å². The third-order valence-electron chi connectivity index (χ3n) is 4.43. The molecule has 0 radical (unpaired) electrons. The predicted molar refractivity (Wildman–Crippen MR) is 83.7 cm³/mol. The molecule has 1 saturated carbocycles. The van der Waals surface area contributed by atoms with Gasteiger partial charge in [0.1, 0.15) is 0 Å². The van der Waals surface area contributed by atoms with Gasteiger partial charge in [0, 0.05) is 17.1 Å². The number of nitrogens with one attached hydrogen (secondary N) is 1. The normalized spacial score (nSPS) is 24.7. The van der Waals surface area contributed by atoms with E-state index in [1.807, 2.05) is 12.1 Å². The Balaban J connectivity index is 1.91. The Labute approximate surface area is 122 Å². The van der Waals surface area contributed by atoms with Crippen LogP contribution in [0.25, 0.3) is 0 Å². The van der Waals surface area contributed by atoms with Gasteiger partial charge in [0.15, 0.2) is 0 Å². The van der Waals surface area contributed by atoms with Gasteiger partial charge in [0.25, 0.3) is 0 Å². The molecule has 2 heteroatoms. The van der Waals surface area contributed by atoms with Gasteiger partial charge in [-0.05, 0) is 55.7 Å². The van der Waals surface area contributed by atoms with Crippen molar-refractivity contribution in [3.63, 3.8) is 0 Å². The quantitative estimate of drug-likeness (QED) is 0.736. The van der Waals surface area contributed by atoms with Crippen molar-refractivity contribution in [3.05, 3.63) is 34.9 Å². The highest BCUT2D eigenvalue weighted by Crippen LogP contribution is 2.34. The molecule has 19 heavy (non-hydrogen) atoms. The van der Waals surface area contributed by atoms with Crippen LogP contribution < -0.4 is 5.32 Å². The first kappa shape index (κ1) is 14.9. The SMILES string of the molecule is C[C@@H](NC1CCCC(C)(C)CC1)c1ccc(Cl)cc1. The van der Waals surface area contributed by atoms with Gasteiger partial charge in [0.05, 0.1) is 0 Å². The summed E-state index contributed by atoms with van der Waals surface area (Å²) in [5, 5.41) is 4.60. The first-order valence-corrected chi connectivity index (χ1v) is 7.86. The van der Waals surface area contributed by atoms with Crippen LogP contribution >= 0.6 is 11.6 Å². The van der Waals surface area contributed by atoms with Crippen molar-refractivity contribution in [1.82, 2.24) is 5.32 Å². The molecular weight excluding hydrogens is 254 g/mol. The largest absolute Gasteiger partial charge is 0.307 e. The summed E-state index contributed by atoms with van der Waals surface area (Å²) >= 11 is 5.94. The summed E-state index contributed by atoms with van der Waals surface area (Å²) in [5.74, 6) is 0. The molecule has 1 unspecified atom stereocenters. The van der Waals surface area contributed by atoms with Crippen molar-refractivity contribution >= 4 is 11.6 Å². The van der Waals surface area contributed by atoms with Crippen LogP contribution in [0.2, 0.25) is 5.02 Å². The van der Waals surface area contributed by atoms with E-state index in [1.165, 1.54) is 37.7 Å². The lowest BCUT2D eigenvalue weighted by molar-refractivity contribution is 0.307. The lowest BCUT2D eigenvalue weighted by Crippen LogP contribution is -2.31. The summed E-state index contributed by atoms with van der Waals surface area (Å²) in [7, 11) is 0. The third kappa shape index (κ3) is 4.50. The van der Waals surface area contributed by atoms with Gasteiger partial charge in [-0.2, -0.15) is 0 Å². The summed E-state index contributed by atoms with van der Waals surface area (Å²) in [5.41, 5.74) is 1.85. The minimum absolute atomic E-state index is 0.406. The molecule has 1 aromatic rings. The molecular formula is C17H26ClN. The number of benzene rings is 1. The Kier molecular flexibility index (Phi) is 4.92. The van der Waals surface area contributed by atoms with Crippen LogP contribution in [0.3, 0.4) is 0 Å². The highest BCUT2D eigenvalue weighted by Gasteiger charge is 2.24. The molecule has 1 aromatic carbocycles. The fraction of sp³-hybridized carbons (Fsp3) is 0.647. The third-order valence-corrected chi connectivity index (χ3v) is 4.68. The van der Waals surface area contributed by atoms with Crippen molar-refractivity contribution in [2.24, 2.45) is 5.41 Å². The standard InChI is InChI=1S/C17H26ClN/c1-13(14-6-8-15(18)9-7-14)19-16-5-4-11-17(2,3)12-10-16/h6-9,13,16,19H,4-5,10-12H2,1-3H3/t13-,16?/m1/s1. The first-order chi connectivity index (χ1) is 8.96. The molecule has 0 bridgehead atoms. The van der Waals surface area contributed by atoms with Gasteiger partial charge in [-0.3, -0.25) is 0 Å². The van der Waals surface area contributed by atoms with E-state index in [9.17, 15) is 0 Å². The van der Waals surface area contributed by atoms with E-state index in [0.29, 0.717) is 17.5 Å². The topological polar surface area (TPSA) is 12.0 Å². The zero-order chi connectivity index (χ0) is 13.9. The maximum absolute atomic E-state index is 5.94. The minimum Gasteiger partial charge on any atom is -0.307 e. The van der Waals surface area contributed by atoms with E-state index in [1.54, 1.807) is 0 Å². The van der Waals surface area contributed by atoms with E-state index in [-0.39, 0.29) is 0 Å². The molecule has 0 spiro atoms. The van der Waals surface area contributed by atoms with Gasteiger partial charge in [0.2, 0.25) is 0 Å². The summed E-state index contributed by atoms with van der Waals surface area (Å²) in [6, 6.07) is 9.27. The van der Waals surface area contributed by atoms with Crippen molar-refractivity contribution < 1.29 is 0 Å². The van der Waals surface area contributed by atoms with E-state index in [0.717, 1.165) is 5.02 Å².